The van der Waals surface area contributed by atoms with Crippen molar-refractivity contribution in [2.45, 2.75) is 33.9 Å². The Kier molecular flexibility index (Phi) is 5.72. The fourth-order valence-corrected chi connectivity index (χ4v) is 2.35. The summed E-state index contributed by atoms with van der Waals surface area (Å²) in [6.07, 6.45) is 0. The van der Waals surface area contributed by atoms with E-state index in [-0.39, 0.29) is 5.56 Å². The average Bonchev–Trinajstić information content (AvgIpc) is 2.48. The minimum Gasteiger partial charge on any atom is -0.494 e. The highest BCUT2D eigenvalue weighted by Gasteiger charge is 2.07. The molecule has 0 saturated heterocycles. The van der Waals surface area contributed by atoms with Gasteiger partial charge in [-0.2, -0.15) is 0 Å². The van der Waals surface area contributed by atoms with Gasteiger partial charge in [0.25, 0.3) is 5.56 Å². The van der Waals surface area contributed by atoms with Crippen LogP contribution in [0.1, 0.15) is 30.9 Å². The number of benzene rings is 1. The molecule has 22 heavy (non-hydrogen) atoms. The normalized spacial score (nSPS) is 10.9. The first kappa shape index (κ1) is 16.2. The van der Waals surface area contributed by atoms with Crippen LogP contribution in [0.4, 0.5) is 0 Å². The standard InChI is InChI=1S/C17H23N3O2/c1-4-20(12-15-10-17(21)19-13(3)18-15)11-14-6-8-16(9-7-14)22-5-2/h6-10H,4-5,11-12H2,1-3H3,(H,18,19,21). The second kappa shape index (κ2) is 7.75. The van der Waals surface area contributed by atoms with Gasteiger partial charge in [-0.25, -0.2) is 4.98 Å². The molecule has 5 heteroatoms. The predicted molar refractivity (Wildman–Crippen MR) is 87.0 cm³/mol. The fourth-order valence-electron chi connectivity index (χ4n) is 2.35. The molecule has 0 aliphatic heterocycles. The fraction of sp³-hybridized carbons (Fsp3) is 0.412. The number of aromatic amines is 1. The lowest BCUT2D eigenvalue weighted by Gasteiger charge is -2.20. The second-order valence-corrected chi connectivity index (χ2v) is 5.20. The molecule has 2 aromatic rings. The molecular formula is C17H23N3O2. The Hall–Kier alpha value is -2.14. The number of H-pyrrole nitrogens is 1. The summed E-state index contributed by atoms with van der Waals surface area (Å²) in [6.45, 7) is 8.92. The minimum absolute atomic E-state index is 0.0976. The monoisotopic (exact) mass is 301 g/mol. The van der Waals surface area contributed by atoms with Crippen molar-refractivity contribution in [1.29, 1.82) is 0 Å². The van der Waals surface area contributed by atoms with Crippen molar-refractivity contribution in [3.63, 3.8) is 0 Å². The van der Waals surface area contributed by atoms with Crippen LogP contribution in [0.3, 0.4) is 0 Å². The van der Waals surface area contributed by atoms with Crippen LogP contribution in [0.25, 0.3) is 0 Å². The molecule has 1 heterocycles. The topological polar surface area (TPSA) is 58.2 Å². The first-order valence-corrected chi connectivity index (χ1v) is 7.61. The van der Waals surface area contributed by atoms with Crippen LogP contribution in [0.5, 0.6) is 5.75 Å². The Morgan fingerprint density at radius 3 is 2.50 bits per heavy atom. The summed E-state index contributed by atoms with van der Waals surface area (Å²) in [5.74, 6) is 1.54. The molecule has 0 atom stereocenters. The maximum absolute atomic E-state index is 11.5. The van der Waals surface area contributed by atoms with Gasteiger partial charge >= 0.3 is 0 Å². The van der Waals surface area contributed by atoms with Gasteiger partial charge in [-0.05, 0) is 38.1 Å². The summed E-state index contributed by atoms with van der Waals surface area (Å²) in [6, 6.07) is 9.69. The van der Waals surface area contributed by atoms with Gasteiger partial charge in [0.1, 0.15) is 11.6 Å². The van der Waals surface area contributed by atoms with E-state index >= 15 is 0 Å². The van der Waals surface area contributed by atoms with Crippen molar-refractivity contribution in [2.75, 3.05) is 13.2 Å². The summed E-state index contributed by atoms with van der Waals surface area (Å²) in [5.41, 5.74) is 1.92. The van der Waals surface area contributed by atoms with Crippen LogP contribution in [-0.2, 0) is 13.1 Å². The number of rotatable bonds is 7. The zero-order valence-electron chi connectivity index (χ0n) is 13.4. The van der Waals surface area contributed by atoms with E-state index in [0.29, 0.717) is 19.0 Å². The molecule has 0 spiro atoms. The number of aromatic nitrogens is 2. The number of nitrogens with one attached hydrogen (secondary N) is 1. The van der Waals surface area contributed by atoms with E-state index in [1.807, 2.05) is 19.1 Å². The number of hydrogen-bond donors (Lipinski definition) is 1. The molecule has 0 amide bonds. The summed E-state index contributed by atoms with van der Waals surface area (Å²) in [5, 5.41) is 0. The molecule has 0 aliphatic carbocycles. The lowest BCUT2D eigenvalue weighted by molar-refractivity contribution is 0.267. The second-order valence-electron chi connectivity index (χ2n) is 5.20. The highest BCUT2D eigenvalue weighted by atomic mass is 16.5. The maximum atomic E-state index is 11.5. The van der Waals surface area contributed by atoms with Gasteiger partial charge in [0, 0.05) is 19.2 Å². The summed E-state index contributed by atoms with van der Waals surface area (Å²) in [4.78, 5) is 20.8. The Balaban J connectivity index is 2.03. The van der Waals surface area contributed by atoms with Crippen molar-refractivity contribution < 1.29 is 4.74 Å². The SMILES string of the molecule is CCOc1ccc(CN(CC)Cc2cc(=O)[nH]c(C)n2)cc1. The van der Waals surface area contributed by atoms with Gasteiger partial charge in [-0.1, -0.05) is 19.1 Å². The van der Waals surface area contributed by atoms with E-state index < -0.39 is 0 Å². The molecule has 2 rings (SSSR count). The Morgan fingerprint density at radius 1 is 1.18 bits per heavy atom. The van der Waals surface area contributed by atoms with Crippen LogP contribution in [0.2, 0.25) is 0 Å². The molecule has 0 unspecified atom stereocenters. The van der Waals surface area contributed by atoms with Crippen molar-refractivity contribution in [1.82, 2.24) is 14.9 Å². The van der Waals surface area contributed by atoms with Crippen molar-refractivity contribution >= 4 is 0 Å². The van der Waals surface area contributed by atoms with E-state index in [0.717, 1.165) is 24.5 Å². The van der Waals surface area contributed by atoms with E-state index in [9.17, 15) is 4.79 Å². The van der Waals surface area contributed by atoms with Gasteiger partial charge < -0.3 is 9.72 Å². The lowest BCUT2D eigenvalue weighted by Crippen LogP contribution is -2.24. The molecule has 1 aromatic heterocycles. The molecule has 0 fully saturated rings. The number of hydrogen-bond acceptors (Lipinski definition) is 4. The maximum Gasteiger partial charge on any atom is 0.251 e. The van der Waals surface area contributed by atoms with Crippen LogP contribution < -0.4 is 10.3 Å². The van der Waals surface area contributed by atoms with Crippen LogP contribution >= 0.6 is 0 Å². The summed E-state index contributed by atoms with van der Waals surface area (Å²) >= 11 is 0. The lowest BCUT2D eigenvalue weighted by atomic mass is 10.2. The van der Waals surface area contributed by atoms with Crippen LogP contribution in [0.15, 0.2) is 35.1 Å². The molecule has 5 nitrogen and oxygen atoms in total. The summed E-state index contributed by atoms with van der Waals surface area (Å²) in [7, 11) is 0. The quantitative estimate of drug-likeness (QED) is 0.853. The summed E-state index contributed by atoms with van der Waals surface area (Å²) < 4.78 is 5.45. The van der Waals surface area contributed by atoms with E-state index in [1.165, 1.54) is 5.56 Å². The smallest absolute Gasteiger partial charge is 0.251 e. The van der Waals surface area contributed by atoms with Crippen LogP contribution in [0, 0.1) is 6.92 Å². The number of nitrogens with zero attached hydrogens (tertiary/aromatic N) is 2. The third-order valence-electron chi connectivity index (χ3n) is 3.39. The van der Waals surface area contributed by atoms with E-state index in [2.05, 4.69) is 33.9 Å². The molecule has 0 radical (unpaired) electrons. The highest BCUT2D eigenvalue weighted by Crippen LogP contribution is 2.14. The predicted octanol–water partition coefficient (Wildman–Crippen LogP) is 2.50. The average molecular weight is 301 g/mol. The molecule has 0 saturated carbocycles. The number of ether oxygens (including phenoxy) is 1. The van der Waals surface area contributed by atoms with Gasteiger partial charge in [0.2, 0.25) is 0 Å². The van der Waals surface area contributed by atoms with Crippen molar-refractivity contribution in [2.24, 2.45) is 0 Å². The Bertz CT molecular complexity index is 650. The molecular weight excluding hydrogens is 278 g/mol. The first-order chi connectivity index (χ1) is 10.6. The van der Waals surface area contributed by atoms with Crippen LogP contribution in [-0.4, -0.2) is 28.0 Å². The van der Waals surface area contributed by atoms with Crippen molar-refractivity contribution in [3.8, 4) is 5.75 Å². The van der Waals surface area contributed by atoms with Crippen molar-refractivity contribution in [3.05, 3.63) is 57.8 Å². The van der Waals surface area contributed by atoms with Gasteiger partial charge in [-0.3, -0.25) is 9.69 Å². The molecule has 1 aromatic carbocycles. The highest BCUT2D eigenvalue weighted by molar-refractivity contribution is 5.27. The molecule has 0 bridgehead atoms. The molecule has 118 valence electrons. The zero-order valence-corrected chi connectivity index (χ0v) is 13.4. The first-order valence-electron chi connectivity index (χ1n) is 7.61. The third kappa shape index (κ3) is 4.70. The molecule has 1 N–H and O–H groups in total. The van der Waals surface area contributed by atoms with Gasteiger partial charge in [-0.15, -0.1) is 0 Å². The molecule has 0 aliphatic rings. The van der Waals surface area contributed by atoms with E-state index in [1.54, 1.807) is 13.0 Å². The largest absolute Gasteiger partial charge is 0.494 e. The minimum atomic E-state index is -0.0976. The van der Waals surface area contributed by atoms with E-state index in [4.69, 9.17) is 4.74 Å². The third-order valence-corrected chi connectivity index (χ3v) is 3.39. The Morgan fingerprint density at radius 2 is 1.91 bits per heavy atom. The van der Waals surface area contributed by atoms with Gasteiger partial charge in [0.05, 0.1) is 12.3 Å². The number of aryl methyl sites for hydroxylation is 1. The zero-order chi connectivity index (χ0) is 15.9. The Labute approximate surface area is 131 Å². The van der Waals surface area contributed by atoms with Gasteiger partial charge in [0.15, 0.2) is 0 Å².